The number of hydrogen-bond donors (Lipinski definition) is 0. The largest absolute Gasteiger partial charge is 0.288 e. The zero-order chi connectivity index (χ0) is 17.9. The topological polar surface area (TPSA) is 62.6 Å². The number of benzene rings is 1. The van der Waals surface area contributed by atoms with E-state index in [0.29, 0.717) is 17.7 Å². The van der Waals surface area contributed by atoms with Crippen LogP contribution < -0.4 is 0 Å². The van der Waals surface area contributed by atoms with E-state index >= 15 is 0 Å². The third-order valence-corrected chi connectivity index (χ3v) is 5.04. The number of aryl methyl sites for hydroxylation is 1. The molecule has 0 saturated carbocycles. The molecule has 1 aliphatic heterocycles. The van der Waals surface area contributed by atoms with Gasteiger partial charge in [0.05, 0.1) is 22.9 Å². The fraction of sp³-hybridized carbons (Fsp3) is 0.333. The molecule has 1 aromatic heterocycles. The Morgan fingerprint density at radius 1 is 1.12 bits per heavy atom. The van der Waals surface area contributed by atoms with Crippen LogP contribution in [0.4, 0.5) is 0 Å². The second kappa shape index (κ2) is 7.20. The lowest BCUT2D eigenvalue weighted by molar-refractivity contribution is 0.0653. The first-order valence-electron chi connectivity index (χ1n) is 9.16. The van der Waals surface area contributed by atoms with E-state index in [9.17, 15) is 9.59 Å². The Balaban J connectivity index is 1.32. The van der Waals surface area contributed by atoms with Crippen molar-refractivity contribution in [2.24, 2.45) is 4.99 Å². The Morgan fingerprint density at radius 2 is 1.88 bits per heavy atom. The molecule has 2 amide bonds. The highest BCUT2D eigenvalue weighted by Crippen LogP contribution is 2.30. The SMILES string of the molecule is O=C1c2ccccc2C(=O)N1CCC/C=N\[C@H]1CCCc2cccnc21. The molecule has 1 atom stereocenters. The van der Waals surface area contributed by atoms with Gasteiger partial charge in [-0.3, -0.25) is 24.5 Å². The summed E-state index contributed by atoms with van der Waals surface area (Å²) in [5, 5.41) is 0. The number of aliphatic imine (C=N–C) groups is 1. The number of unbranched alkanes of at least 4 members (excludes halogenated alkanes) is 1. The van der Waals surface area contributed by atoms with E-state index in [-0.39, 0.29) is 17.9 Å². The Morgan fingerprint density at radius 3 is 2.65 bits per heavy atom. The minimum Gasteiger partial charge on any atom is -0.288 e. The van der Waals surface area contributed by atoms with Crippen LogP contribution in [0.2, 0.25) is 0 Å². The number of hydrogen-bond acceptors (Lipinski definition) is 4. The van der Waals surface area contributed by atoms with Crippen LogP contribution in [0.1, 0.15) is 63.7 Å². The van der Waals surface area contributed by atoms with Gasteiger partial charge in [0.15, 0.2) is 0 Å². The molecule has 4 rings (SSSR count). The first-order valence-corrected chi connectivity index (χ1v) is 9.16. The molecule has 5 heteroatoms. The number of nitrogens with zero attached hydrogens (tertiary/aromatic N) is 3. The van der Waals surface area contributed by atoms with Crippen LogP contribution in [0.25, 0.3) is 0 Å². The third kappa shape index (κ3) is 3.05. The number of rotatable bonds is 5. The minimum atomic E-state index is -0.187. The number of fused-ring (bicyclic) bond motifs is 2. The molecule has 0 spiro atoms. The van der Waals surface area contributed by atoms with Gasteiger partial charge in [0, 0.05) is 12.7 Å². The molecular formula is C21H21N3O2. The summed E-state index contributed by atoms with van der Waals surface area (Å²) in [6.07, 6.45) is 8.45. The molecule has 0 radical (unpaired) electrons. The van der Waals surface area contributed by atoms with Crippen LogP contribution in [0.15, 0.2) is 47.6 Å². The number of aromatic nitrogens is 1. The summed E-state index contributed by atoms with van der Waals surface area (Å²) >= 11 is 0. The molecule has 2 heterocycles. The fourth-order valence-corrected chi connectivity index (χ4v) is 3.71. The van der Waals surface area contributed by atoms with E-state index in [1.165, 1.54) is 10.5 Å². The van der Waals surface area contributed by atoms with Crippen molar-refractivity contribution in [1.82, 2.24) is 9.88 Å². The van der Waals surface area contributed by atoms with Gasteiger partial charge in [0.25, 0.3) is 11.8 Å². The number of pyridine rings is 1. The number of carbonyl (C=O) groups is 2. The Kier molecular flexibility index (Phi) is 4.61. The molecule has 132 valence electrons. The van der Waals surface area contributed by atoms with E-state index in [1.54, 1.807) is 24.3 Å². The number of imide groups is 1. The van der Waals surface area contributed by atoms with Gasteiger partial charge in [0.1, 0.15) is 0 Å². The standard InChI is InChI=1S/C21H21N3O2/c25-20-16-9-1-2-10-17(16)21(26)24(20)14-4-3-12-22-18-11-5-7-15-8-6-13-23-19(15)18/h1-2,6,8-10,12-13,18H,3-5,7,11,14H2/b22-12-/t18-/m0/s1. The molecular weight excluding hydrogens is 326 g/mol. The van der Waals surface area contributed by atoms with Gasteiger partial charge in [-0.2, -0.15) is 0 Å². The molecule has 0 saturated heterocycles. The van der Waals surface area contributed by atoms with Crippen LogP contribution in [-0.4, -0.2) is 34.5 Å². The van der Waals surface area contributed by atoms with E-state index in [0.717, 1.165) is 37.8 Å². The Bertz CT molecular complexity index is 840. The molecule has 0 fully saturated rings. The van der Waals surface area contributed by atoms with E-state index in [4.69, 9.17) is 4.99 Å². The van der Waals surface area contributed by atoms with Crippen molar-refractivity contribution in [1.29, 1.82) is 0 Å². The summed E-state index contributed by atoms with van der Waals surface area (Å²) in [6, 6.07) is 11.3. The predicted molar refractivity (Wildman–Crippen MR) is 99.5 cm³/mol. The van der Waals surface area contributed by atoms with Crippen LogP contribution in [0, 0.1) is 0 Å². The lowest BCUT2D eigenvalue weighted by Gasteiger charge is -2.20. The molecule has 2 aliphatic rings. The second-order valence-electron chi connectivity index (χ2n) is 6.74. The summed E-state index contributed by atoms with van der Waals surface area (Å²) < 4.78 is 0. The molecule has 0 N–H and O–H groups in total. The summed E-state index contributed by atoms with van der Waals surface area (Å²) in [7, 11) is 0. The van der Waals surface area contributed by atoms with E-state index in [1.807, 2.05) is 18.5 Å². The molecule has 5 nitrogen and oxygen atoms in total. The normalized spacial score (nSPS) is 19.1. The first-order chi connectivity index (χ1) is 12.8. The zero-order valence-electron chi connectivity index (χ0n) is 14.6. The van der Waals surface area contributed by atoms with E-state index < -0.39 is 0 Å². The summed E-state index contributed by atoms with van der Waals surface area (Å²) in [5.41, 5.74) is 3.41. The Hall–Kier alpha value is -2.82. The van der Waals surface area contributed by atoms with Crippen LogP contribution >= 0.6 is 0 Å². The number of amides is 2. The average molecular weight is 347 g/mol. The van der Waals surface area contributed by atoms with Crippen molar-refractivity contribution in [3.05, 3.63) is 65.0 Å². The maximum atomic E-state index is 12.3. The molecule has 26 heavy (non-hydrogen) atoms. The van der Waals surface area contributed by atoms with Gasteiger partial charge in [-0.1, -0.05) is 18.2 Å². The van der Waals surface area contributed by atoms with Crippen molar-refractivity contribution in [3.63, 3.8) is 0 Å². The summed E-state index contributed by atoms with van der Waals surface area (Å²) in [4.78, 5) is 35.2. The first kappa shape index (κ1) is 16.6. The van der Waals surface area contributed by atoms with Crippen molar-refractivity contribution in [2.45, 2.75) is 38.1 Å². The molecule has 0 unspecified atom stereocenters. The predicted octanol–water partition coefficient (Wildman–Crippen LogP) is 3.61. The second-order valence-corrected chi connectivity index (χ2v) is 6.74. The van der Waals surface area contributed by atoms with Crippen molar-refractivity contribution in [3.8, 4) is 0 Å². The highest BCUT2D eigenvalue weighted by atomic mass is 16.2. The fourth-order valence-electron chi connectivity index (χ4n) is 3.71. The maximum Gasteiger partial charge on any atom is 0.261 e. The smallest absolute Gasteiger partial charge is 0.261 e. The van der Waals surface area contributed by atoms with Gasteiger partial charge in [-0.15, -0.1) is 0 Å². The summed E-state index contributed by atoms with van der Waals surface area (Å²) in [6.45, 7) is 0.428. The van der Waals surface area contributed by atoms with Gasteiger partial charge >= 0.3 is 0 Å². The summed E-state index contributed by atoms with van der Waals surface area (Å²) in [5.74, 6) is -0.374. The lowest BCUT2D eigenvalue weighted by Crippen LogP contribution is -2.30. The van der Waals surface area contributed by atoms with Crippen molar-refractivity contribution in [2.75, 3.05) is 6.54 Å². The third-order valence-electron chi connectivity index (χ3n) is 5.04. The molecule has 1 aliphatic carbocycles. The highest BCUT2D eigenvalue weighted by Gasteiger charge is 2.34. The minimum absolute atomic E-state index is 0.138. The van der Waals surface area contributed by atoms with Gasteiger partial charge < -0.3 is 0 Å². The molecule has 1 aromatic carbocycles. The zero-order valence-corrected chi connectivity index (χ0v) is 14.6. The Labute approximate surface area is 152 Å². The molecule has 0 bridgehead atoms. The van der Waals surface area contributed by atoms with Gasteiger partial charge in [-0.05, 0) is 62.1 Å². The molecule has 2 aromatic rings. The van der Waals surface area contributed by atoms with Gasteiger partial charge in [-0.25, -0.2) is 0 Å². The number of carbonyl (C=O) groups excluding carboxylic acids is 2. The van der Waals surface area contributed by atoms with Gasteiger partial charge in [0.2, 0.25) is 0 Å². The maximum absolute atomic E-state index is 12.3. The van der Waals surface area contributed by atoms with Crippen LogP contribution in [0.5, 0.6) is 0 Å². The average Bonchev–Trinajstić information content (AvgIpc) is 2.93. The highest BCUT2D eigenvalue weighted by molar-refractivity contribution is 6.21. The van der Waals surface area contributed by atoms with Crippen LogP contribution in [-0.2, 0) is 6.42 Å². The monoisotopic (exact) mass is 347 g/mol. The lowest BCUT2D eigenvalue weighted by atomic mass is 9.92. The quantitative estimate of drug-likeness (QED) is 0.471. The van der Waals surface area contributed by atoms with Crippen LogP contribution in [0.3, 0.4) is 0 Å². The van der Waals surface area contributed by atoms with E-state index in [2.05, 4.69) is 11.1 Å². The van der Waals surface area contributed by atoms with Crippen molar-refractivity contribution < 1.29 is 9.59 Å². The van der Waals surface area contributed by atoms with Crippen molar-refractivity contribution >= 4 is 18.0 Å².